The summed E-state index contributed by atoms with van der Waals surface area (Å²) in [6.07, 6.45) is 5.88. The second-order valence-corrected chi connectivity index (χ2v) is 5.00. The maximum Gasteiger partial charge on any atom is 0.0107 e. The molecule has 1 N–H and O–H groups in total. The van der Waals surface area contributed by atoms with E-state index >= 15 is 0 Å². The van der Waals surface area contributed by atoms with Gasteiger partial charge in [0.1, 0.15) is 0 Å². The van der Waals surface area contributed by atoms with Gasteiger partial charge >= 0.3 is 0 Å². The molecule has 0 spiro atoms. The lowest BCUT2D eigenvalue weighted by atomic mass is 10.0. The van der Waals surface area contributed by atoms with E-state index in [4.69, 9.17) is 0 Å². The van der Waals surface area contributed by atoms with Gasteiger partial charge in [-0.05, 0) is 24.7 Å². The van der Waals surface area contributed by atoms with Crippen LogP contribution in [0.1, 0.15) is 32.6 Å². The van der Waals surface area contributed by atoms with Crippen LogP contribution in [-0.2, 0) is 0 Å². The fraction of sp³-hybridized carbons (Fsp3) is 1.00. The Balaban J connectivity index is 1.69. The summed E-state index contributed by atoms with van der Waals surface area (Å²) in [5.74, 6) is 2.06. The van der Waals surface area contributed by atoms with E-state index in [0.29, 0.717) is 0 Å². The molecule has 2 nitrogen and oxygen atoms in total. The molecular formula is C12H24N2. The van der Waals surface area contributed by atoms with E-state index in [0.717, 1.165) is 11.8 Å². The molecule has 0 bridgehead atoms. The summed E-state index contributed by atoms with van der Waals surface area (Å²) >= 11 is 0. The average molecular weight is 196 g/mol. The number of hydrogen-bond acceptors (Lipinski definition) is 2. The molecule has 0 amide bonds. The summed E-state index contributed by atoms with van der Waals surface area (Å²) in [5.41, 5.74) is 0. The Morgan fingerprint density at radius 2 is 1.86 bits per heavy atom. The van der Waals surface area contributed by atoms with Gasteiger partial charge in [0.15, 0.2) is 0 Å². The number of nitrogens with zero attached hydrogens (tertiary/aromatic N) is 1. The van der Waals surface area contributed by atoms with Crippen molar-refractivity contribution in [1.29, 1.82) is 0 Å². The number of nitrogens with one attached hydrogen (secondary N) is 1. The van der Waals surface area contributed by atoms with Gasteiger partial charge in [-0.3, -0.25) is 0 Å². The lowest BCUT2D eigenvalue weighted by Gasteiger charge is -2.29. The highest BCUT2D eigenvalue weighted by molar-refractivity contribution is 4.79. The summed E-state index contributed by atoms with van der Waals surface area (Å²) in [5, 5.41) is 3.42. The average Bonchev–Trinajstić information content (AvgIpc) is 2.67. The third kappa shape index (κ3) is 2.71. The minimum absolute atomic E-state index is 1.01. The van der Waals surface area contributed by atoms with Crippen LogP contribution in [0, 0.1) is 11.8 Å². The van der Waals surface area contributed by atoms with E-state index in [1.807, 2.05) is 0 Å². The van der Waals surface area contributed by atoms with Gasteiger partial charge in [-0.25, -0.2) is 0 Å². The van der Waals surface area contributed by atoms with Crippen molar-refractivity contribution in [3.05, 3.63) is 0 Å². The molecule has 1 aliphatic carbocycles. The maximum atomic E-state index is 3.42. The molecule has 14 heavy (non-hydrogen) atoms. The zero-order valence-electron chi connectivity index (χ0n) is 9.47. The molecule has 0 aromatic rings. The minimum Gasteiger partial charge on any atom is -0.314 e. The van der Waals surface area contributed by atoms with Crippen LogP contribution < -0.4 is 5.32 Å². The highest BCUT2D eigenvalue weighted by atomic mass is 15.2. The Bertz CT molecular complexity index is 164. The molecule has 0 radical (unpaired) electrons. The normalized spacial score (nSPS) is 34.9. The monoisotopic (exact) mass is 196 g/mol. The van der Waals surface area contributed by atoms with E-state index in [1.54, 1.807) is 0 Å². The Morgan fingerprint density at radius 1 is 1.14 bits per heavy atom. The summed E-state index contributed by atoms with van der Waals surface area (Å²) < 4.78 is 0. The predicted molar refractivity (Wildman–Crippen MR) is 60.4 cm³/mol. The van der Waals surface area contributed by atoms with Crippen molar-refractivity contribution in [3.63, 3.8) is 0 Å². The lowest BCUT2D eigenvalue weighted by Crippen LogP contribution is -2.45. The maximum absolute atomic E-state index is 3.42. The van der Waals surface area contributed by atoms with Crippen LogP contribution in [0.5, 0.6) is 0 Å². The second kappa shape index (κ2) is 5.13. The molecule has 82 valence electrons. The summed E-state index contributed by atoms with van der Waals surface area (Å²) in [6.45, 7) is 8.66. The topological polar surface area (TPSA) is 15.3 Å². The molecule has 2 atom stereocenters. The molecule has 1 aliphatic heterocycles. The van der Waals surface area contributed by atoms with Crippen molar-refractivity contribution in [2.24, 2.45) is 11.8 Å². The molecule has 2 aliphatic rings. The van der Waals surface area contributed by atoms with Gasteiger partial charge in [0.2, 0.25) is 0 Å². The second-order valence-electron chi connectivity index (χ2n) is 5.00. The quantitative estimate of drug-likeness (QED) is 0.739. The van der Waals surface area contributed by atoms with Gasteiger partial charge in [-0.2, -0.15) is 0 Å². The van der Waals surface area contributed by atoms with Crippen molar-refractivity contribution < 1.29 is 0 Å². The van der Waals surface area contributed by atoms with Crippen LogP contribution in [0.25, 0.3) is 0 Å². The smallest absolute Gasteiger partial charge is 0.0107 e. The minimum atomic E-state index is 1.01. The Kier molecular flexibility index (Phi) is 3.82. The first kappa shape index (κ1) is 10.4. The largest absolute Gasteiger partial charge is 0.314 e. The highest BCUT2D eigenvalue weighted by Gasteiger charge is 2.25. The fourth-order valence-electron chi connectivity index (χ4n) is 2.97. The Labute approximate surface area is 88.1 Å². The first-order chi connectivity index (χ1) is 6.88. The Morgan fingerprint density at radius 3 is 2.50 bits per heavy atom. The van der Waals surface area contributed by atoms with Crippen LogP contribution >= 0.6 is 0 Å². The van der Waals surface area contributed by atoms with Gasteiger partial charge in [0, 0.05) is 32.7 Å². The van der Waals surface area contributed by atoms with E-state index < -0.39 is 0 Å². The Hall–Kier alpha value is -0.0800. The van der Waals surface area contributed by atoms with E-state index in [1.165, 1.54) is 58.4 Å². The van der Waals surface area contributed by atoms with Crippen molar-refractivity contribution >= 4 is 0 Å². The molecule has 2 rings (SSSR count). The van der Waals surface area contributed by atoms with Crippen LogP contribution in [0.4, 0.5) is 0 Å². The molecule has 2 fully saturated rings. The predicted octanol–water partition coefficient (Wildman–Crippen LogP) is 1.72. The molecule has 2 heteroatoms. The standard InChI is InChI=1S/C12H24N2/c1-2-11-3-4-12(9-11)10-14-7-5-13-6-8-14/h11-13H,2-10H2,1H3. The van der Waals surface area contributed by atoms with Gasteiger partial charge in [-0.15, -0.1) is 0 Å². The third-order valence-electron chi connectivity index (χ3n) is 3.95. The van der Waals surface area contributed by atoms with Crippen LogP contribution in [0.15, 0.2) is 0 Å². The number of hydrogen-bond donors (Lipinski definition) is 1. The molecule has 0 aromatic carbocycles. The number of rotatable bonds is 3. The molecule has 0 aromatic heterocycles. The zero-order valence-corrected chi connectivity index (χ0v) is 9.47. The lowest BCUT2D eigenvalue weighted by molar-refractivity contribution is 0.204. The van der Waals surface area contributed by atoms with Crippen LogP contribution in [0.2, 0.25) is 0 Å². The summed E-state index contributed by atoms with van der Waals surface area (Å²) in [7, 11) is 0. The van der Waals surface area contributed by atoms with Crippen LogP contribution in [0.3, 0.4) is 0 Å². The first-order valence-electron chi connectivity index (χ1n) is 6.31. The van der Waals surface area contributed by atoms with E-state index in [9.17, 15) is 0 Å². The molecule has 2 unspecified atom stereocenters. The SMILES string of the molecule is CCC1CCC(CN2CCNCC2)C1. The first-order valence-corrected chi connectivity index (χ1v) is 6.31. The molecule has 1 saturated carbocycles. The van der Waals surface area contributed by atoms with Crippen molar-refractivity contribution in [2.75, 3.05) is 32.7 Å². The number of piperazine rings is 1. The van der Waals surface area contributed by atoms with Crippen LogP contribution in [-0.4, -0.2) is 37.6 Å². The summed E-state index contributed by atoms with van der Waals surface area (Å²) in [6, 6.07) is 0. The van der Waals surface area contributed by atoms with Gasteiger partial charge in [-0.1, -0.05) is 19.8 Å². The van der Waals surface area contributed by atoms with E-state index in [2.05, 4.69) is 17.1 Å². The van der Waals surface area contributed by atoms with Crippen molar-refractivity contribution in [1.82, 2.24) is 10.2 Å². The summed E-state index contributed by atoms with van der Waals surface area (Å²) in [4.78, 5) is 2.65. The van der Waals surface area contributed by atoms with E-state index in [-0.39, 0.29) is 0 Å². The van der Waals surface area contributed by atoms with Crippen molar-refractivity contribution in [3.8, 4) is 0 Å². The molecule has 1 heterocycles. The zero-order chi connectivity index (χ0) is 9.80. The van der Waals surface area contributed by atoms with Gasteiger partial charge < -0.3 is 10.2 Å². The van der Waals surface area contributed by atoms with Crippen molar-refractivity contribution in [2.45, 2.75) is 32.6 Å². The third-order valence-corrected chi connectivity index (χ3v) is 3.95. The fourth-order valence-corrected chi connectivity index (χ4v) is 2.97. The highest BCUT2D eigenvalue weighted by Crippen LogP contribution is 2.33. The molecule has 1 saturated heterocycles. The van der Waals surface area contributed by atoms with Gasteiger partial charge in [0.25, 0.3) is 0 Å². The van der Waals surface area contributed by atoms with Gasteiger partial charge in [0.05, 0.1) is 0 Å². The molecular weight excluding hydrogens is 172 g/mol.